The van der Waals surface area contributed by atoms with Gasteiger partial charge in [0.15, 0.2) is 0 Å². The molecule has 3 heterocycles. The molecule has 0 saturated heterocycles. The molecule has 22 heavy (non-hydrogen) atoms. The normalized spacial score (nSPS) is 17.4. The van der Waals surface area contributed by atoms with Gasteiger partial charge in [-0.3, -0.25) is 9.38 Å². The molecule has 1 fully saturated rings. The smallest absolute Gasteiger partial charge is 0.233 e. The van der Waals surface area contributed by atoms with Gasteiger partial charge in [0.25, 0.3) is 0 Å². The van der Waals surface area contributed by atoms with Crippen molar-refractivity contribution in [2.24, 2.45) is 0 Å². The molecule has 0 aliphatic heterocycles. The highest BCUT2D eigenvalue weighted by molar-refractivity contribution is 5.83. The molecule has 3 aromatic rings. The summed E-state index contributed by atoms with van der Waals surface area (Å²) in [5.41, 5.74) is 6.12. The second kappa shape index (κ2) is 4.50. The Morgan fingerprint density at radius 3 is 2.95 bits per heavy atom. The summed E-state index contributed by atoms with van der Waals surface area (Å²) < 4.78 is 1.96. The first kappa shape index (κ1) is 12.1. The number of hydrogen-bond acceptors (Lipinski definition) is 3. The summed E-state index contributed by atoms with van der Waals surface area (Å²) in [6.07, 6.45) is 14.8. The predicted octanol–water partition coefficient (Wildman–Crippen LogP) is 3.38. The zero-order valence-corrected chi connectivity index (χ0v) is 12.2. The van der Waals surface area contributed by atoms with Gasteiger partial charge >= 0.3 is 0 Å². The maximum Gasteiger partial charge on any atom is 0.233 e. The van der Waals surface area contributed by atoms with E-state index in [1.165, 1.54) is 41.8 Å². The SMILES string of the molecule is C1=C(c2cnc3nccn3c2)c2ccc(C3CCC3)nc2C1. The van der Waals surface area contributed by atoms with Gasteiger partial charge in [0.1, 0.15) is 0 Å². The first-order valence-corrected chi connectivity index (χ1v) is 7.88. The molecule has 4 heteroatoms. The van der Waals surface area contributed by atoms with Crippen LogP contribution in [0.2, 0.25) is 0 Å². The Balaban J connectivity index is 1.55. The van der Waals surface area contributed by atoms with E-state index in [0.717, 1.165) is 17.8 Å². The molecule has 2 aliphatic rings. The van der Waals surface area contributed by atoms with E-state index in [-0.39, 0.29) is 0 Å². The van der Waals surface area contributed by atoms with Gasteiger partial charge in [-0.2, -0.15) is 0 Å². The number of fused-ring (bicyclic) bond motifs is 2. The fourth-order valence-electron chi connectivity index (χ4n) is 3.39. The molecule has 0 atom stereocenters. The third-order valence-electron chi connectivity index (χ3n) is 4.87. The fraction of sp³-hybridized carbons (Fsp3) is 0.278. The van der Waals surface area contributed by atoms with Gasteiger partial charge < -0.3 is 0 Å². The molecule has 108 valence electrons. The zero-order valence-electron chi connectivity index (χ0n) is 12.2. The standard InChI is InChI=1S/C18H16N4/c1-2-12(3-1)16-6-5-15-14(4-7-17(15)21-16)13-10-20-18-19-8-9-22(18)11-13/h4-6,8-12H,1-3,7H2. The lowest BCUT2D eigenvalue weighted by Gasteiger charge is -2.25. The van der Waals surface area contributed by atoms with Crippen LogP contribution in [0.15, 0.2) is 43.0 Å². The number of pyridine rings is 1. The number of aromatic nitrogens is 4. The number of hydrogen-bond donors (Lipinski definition) is 0. The van der Waals surface area contributed by atoms with Crippen molar-refractivity contribution in [2.75, 3.05) is 0 Å². The lowest BCUT2D eigenvalue weighted by atomic mass is 9.82. The summed E-state index contributed by atoms with van der Waals surface area (Å²) in [6, 6.07) is 4.46. The molecule has 4 nitrogen and oxygen atoms in total. The van der Waals surface area contributed by atoms with Crippen LogP contribution in [0, 0.1) is 0 Å². The van der Waals surface area contributed by atoms with Gasteiger partial charge in [0.05, 0.1) is 5.69 Å². The minimum absolute atomic E-state index is 0.693. The highest BCUT2D eigenvalue weighted by atomic mass is 15.1. The summed E-state index contributed by atoms with van der Waals surface area (Å²) in [7, 11) is 0. The molecule has 1 saturated carbocycles. The summed E-state index contributed by atoms with van der Waals surface area (Å²) in [5, 5.41) is 0. The first-order chi connectivity index (χ1) is 10.9. The second-order valence-electron chi connectivity index (χ2n) is 6.16. The molecule has 5 rings (SSSR count). The average molecular weight is 288 g/mol. The number of allylic oxidation sites excluding steroid dienone is 1. The first-order valence-electron chi connectivity index (χ1n) is 7.88. The summed E-state index contributed by atoms with van der Waals surface area (Å²) in [5.74, 6) is 1.43. The van der Waals surface area contributed by atoms with Crippen molar-refractivity contribution >= 4 is 11.4 Å². The molecule has 0 radical (unpaired) electrons. The van der Waals surface area contributed by atoms with Crippen LogP contribution < -0.4 is 0 Å². The molecule has 0 unspecified atom stereocenters. The maximum atomic E-state index is 4.91. The van der Waals surface area contributed by atoms with E-state index in [0.29, 0.717) is 5.92 Å². The Bertz CT molecular complexity index is 902. The van der Waals surface area contributed by atoms with Gasteiger partial charge in [-0.05, 0) is 24.5 Å². The van der Waals surface area contributed by atoms with Crippen molar-refractivity contribution in [1.29, 1.82) is 0 Å². The van der Waals surface area contributed by atoms with Crippen molar-refractivity contribution in [3.05, 3.63) is 65.5 Å². The zero-order chi connectivity index (χ0) is 14.5. The van der Waals surface area contributed by atoms with Crippen LogP contribution in [0.25, 0.3) is 11.4 Å². The van der Waals surface area contributed by atoms with Crippen molar-refractivity contribution in [2.45, 2.75) is 31.6 Å². The highest BCUT2D eigenvalue weighted by Gasteiger charge is 2.24. The maximum absolute atomic E-state index is 4.91. The van der Waals surface area contributed by atoms with E-state index in [2.05, 4.69) is 34.4 Å². The van der Waals surface area contributed by atoms with Crippen LogP contribution in [0.5, 0.6) is 0 Å². The van der Waals surface area contributed by atoms with Gasteiger partial charge in [-0.15, -0.1) is 0 Å². The molecule has 0 bridgehead atoms. The molecule has 0 spiro atoms. The second-order valence-corrected chi connectivity index (χ2v) is 6.16. The summed E-state index contributed by atoms with van der Waals surface area (Å²) in [4.78, 5) is 13.5. The van der Waals surface area contributed by atoms with Crippen LogP contribution in [0.4, 0.5) is 0 Å². The summed E-state index contributed by atoms with van der Waals surface area (Å²) >= 11 is 0. The Labute approximate surface area is 128 Å². The van der Waals surface area contributed by atoms with Crippen LogP contribution in [0.3, 0.4) is 0 Å². The monoisotopic (exact) mass is 288 g/mol. The minimum atomic E-state index is 0.693. The van der Waals surface area contributed by atoms with Crippen molar-refractivity contribution in [3.63, 3.8) is 0 Å². The van der Waals surface area contributed by atoms with Gasteiger partial charge in [0.2, 0.25) is 5.78 Å². The largest absolute Gasteiger partial charge is 0.291 e. The third kappa shape index (κ3) is 1.73. The molecular formula is C18H16N4. The van der Waals surface area contributed by atoms with E-state index in [4.69, 9.17) is 4.98 Å². The van der Waals surface area contributed by atoms with Crippen molar-refractivity contribution < 1.29 is 0 Å². The van der Waals surface area contributed by atoms with E-state index in [1.54, 1.807) is 6.20 Å². The Hall–Kier alpha value is -2.49. The lowest BCUT2D eigenvalue weighted by molar-refractivity contribution is 0.410. The fourth-order valence-corrected chi connectivity index (χ4v) is 3.39. The number of nitrogens with zero attached hydrogens (tertiary/aromatic N) is 4. The van der Waals surface area contributed by atoms with Crippen LogP contribution in [0.1, 0.15) is 47.7 Å². The molecular weight excluding hydrogens is 272 g/mol. The van der Waals surface area contributed by atoms with Gasteiger partial charge in [-0.25, -0.2) is 9.97 Å². The van der Waals surface area contributed by atoms with Crippen molar-refractivity contribution in [3.8, 4) is 0 Å². The predicted molar refractivity (Wildman–Crippen MR) is 84.6 cm³/mol. The topological polar surface area (TPSA) is 43.1 Å². The quantitative estimate of drug-likeness (QED) is 0.726. The van der Waals surface area contributed by atoms with Crippen molar-refractivity contribution in [1.82, 2.24) is 19.4 Å². The highest BCUT2D eigenvalue weighted by Crippen LogP contribution is 2.38. The Morgan fingerprint density at radius 1 is 1.14 bits per heavy atom. The number of imidazole rings is 1. The number of rotatable bonds is 2. The molecule has 3 aromatic heterocycles. The van der Waals surface area contributed by atoms with Crippen LogP contribution in [-0.2, 0) is 6.42 Å². The average Bonchev–Trinajstić information content (AvgIpc) is 3.10. The molecule has 0 amide bonds. The van der Waals surface area contributed by atoms with E-state index in [1.807, 2.05) is 16.8 Å². The third-order valence-corrected chi connectivity index (χ3v) is 4.87. The molecule has 0 N–H and O–H groups in total. The Kier molecular flexibility index (Phi) is 2.47. The van der Waals surface area contributed by atoms with Gasteiger partial charge in [-0.1, -0.05) is 18.6 Å². The molecule has 2 aliphatic carbocycles. The van der Waals surface area contributed by atoms with E-state index >= 15 is 0 Å². The van der Waals surface area contributed by atoms with Crippen LogP contribution >= 0.6 is 0 Å². The van der Waals surface area contributed by atoms with E-state index in [9.17, 15) is 0 Å². The summed E-state index contributed by atoms with van der Waals surface area (Å²) in [6.45, 7) is 0. The van der Waals surface area contributed by atoms with Gasteiger partial charge in [0, 0.05) is 53.9 Å². The Morgan fingerprint density at radius 2 is 2.09 bits per heavy atom. The van der Waals surface area contributed by atoms with E-state index < -0.39 is 0 Å². The van der Waals surface area contributed by atoms with Crippen LogP contribution in [-0.4, -0.2) is 19.4 Å². The molecule has 0 aromatic carbocycles. The lowest BCUT2D eigenvalue weighted by Crippen LogP contribution is -2.11. The minimum Gasteiger partial charge on any atom is -0.291 e.